The Morgan fingerprint density at radius 3 is 2.50 bits per heavy atom. The molecule has 2 heteroatoms. The average Bonchev–Trinajstić information content (AvgIpc) is 2.40. The summed E-state index contributed by atoms with van der Waals surface area (Å²) in [5.74, 6) is 0.849. The Morgan fingerprint density at radius 1 is 0.889 bits per heavy atom. The van der Waals surface area contributed by atoms with E-state index in [4.69, 9.17) is 16.3 Å². The molecule has 0 aliphatic carbocycles. The van der Waals surface area contributed by atoms with Gasteiger partial charge in [0.15, 0.2) is 0 Å². The van der Waals surface area contributed by atoms with E-state index in [0.717, 1.165) is 36.6 Å². The second kappa shape index (κ2) is 7.07. The van der Waals surface area contributed by atoms with Gasteiger partial charge in [-0.2, -0.15) is 0 Å². The van der Waals surface area contributed by atoms with Gasteiger partial charge in [-0.15, -0.1) is 0 Å². The molecule has 0 aliphatic rings. The summed E-state index contributed by atoms with van der Waals surface area (Å²) < 4.78 is 5.64. The molecule has 0 aromatic heterocycles. The third-order valence-corrected chi connectivity index (χ3v) is 3.00. The lowest BCUT2D eigenvalue weighted by Crippen LogP contribution is -1.98. The fourth-order valence-corrected chi connectivity index (χ4v) is 2.00. The summed E-state index contributed by atoms with van der Waals surface area (Å²) in [6.07, 6.45) is 3.31. The van der Waals surface area contributed by atoms with Crippen LogP contribution in [0.3, 0.4) is 0 Å². The summed E-state index contributed by atoms with van der Waals surface area (Å²) in [5.41, 5.74) is 1.39. The van der Waals surface area contributed by atoms with Crippen molar-refractivity contribution >= 4 is 11.6 Å². The highest BCUT2D eigenvalue weighted by molar-refractivity contribution is 6.30. The van der Waals surface area contributed by atoms with E-state index < -0.39 is 0 Å². The van der Waals surface area contributed by atoms with E-state index in [1.54, 1.807) is 0 Å². The largest absolute Gasteiger partial charge is 0.494 e. The Hall–Kier alpha value is -1.47. The number of rotatable bonds is 6. The first-order chi connectivity index (χ1) is 8.84. The summed E-state index contributed by atoms with van der Waals surface area (Å²) in [6, 6.07) is 18.1. The lowest BCUT2D eigenvalue weighted by atomic mass is 10.1. The number of hydrogen-bond acceptors (Lipinski definition) is 1. The average molecular weight is 261 g/mol. The lowest BCUT2D eigenvalue weighted by molar-refractivity contribution is 0.307. The lowest BCUT2D eigenvalue weighted by Gasteiger charge is -2.06. The summed E-state index contributed by atoms with van der Waals surface area (Å²) in [4.78, 5) is 0. The van der Waals surface area contributed by atoms with Gasteiger partial charge in [-0.25, -0.2) is 0 Å². The number of hydrogen-bond donors (Lipinski definition) is 0. The molecule has 0 aliphatic heterocycles. The Morgan fingerprint density at radius 2 is 1.72 bits per heavy atom. The first kappa shape index (κ1) is 13.0. The van der Waals surface area contributed by atoms with Gasteiger partial charge in [0.1, 0.15) is 5.75 Å². The fourth-order valence-electron chi connectivity index (χ4n) is 1.82. The molecule has 0 amide bonds. The van der Waals surface area contributed by atoms with Gasteiger partial charge in [0, 0.05) is 5.02 Å². The molecule has 0 N–H and O–H groups in total. The highest BCUT2D eigenvalue weighted by Crippen LogP contribution is 2.17. The van der Waals surface area contributed by atoms with Gasteiger partial charge < -0.3 is 4.74 Å². The second-order valence-electron chi connectivity index (χ2n) is 4.25. The Bertz CT molecular complexity index is 468. The maximum atomic E-state index is 5.88. The molecule has 18 heavy (non-hydrogen) atoms. The maximum Gasteiger partial charge on any atom is 0.120 e. The minimum Gasteiger partial charge on any atom is -0.494 e. The van der Waals surface area contributed by atoms with Crippen molar-refractivity contribution in [1.82, 2.24) is 0 Å². The smallest absolute Gasteiger partial charge is 0.120 e. The van der Waals surface area contributed by atoms with Crippen molar-refractivity contribution in [3.05, 3.63) is 65.2 Å². The molecule has 0 heterocycles. The predicted octanol–water partition coefficient (Wildman–Crippen LogP) is 4.74. The van der Waals surface area contributed by atoms with E-state index in [2.05, 4.69) is 24.3 Å². The van der Waals surface area contributed by atoms with Crippen molar-refractivity contribution < 1.29 is 4.74 Å². The topological polar surface area (TPSA) is 9.23 Å². The van der Waals surface area contributed by atoms with Crippen LogP contribution in [0.15, 0.2) is 54.6 Å². The first-order valence-electron chi connectivity index (χ1n) is 6.27. The quantitative estimate of drug-likeness (QED) is 0.682. The molecule has 2 aromatic carbocycles. The Kier molecular flexibility index (Phi) is 5.10. The van der Waals surface area contributed by atoms with E-state index in [0.29, 0.717) is 0 Å². The molecule has 0 fully saturated rings. The number of ether oxygens (including phenoxy) is 1. The fraction of sp³-hybridized carbons (Fsp3) is 0.250. The highest BCUT2D eigenvalue weighted by atomic mass is 35.5. The van der Waals surface area contributed by atoms with Crippen LogP contribution in [0, 0.1) is 0 Å². The predicted molar refractivity (Wildman–Crippen MR) is 76.3 cm³/mol. The van der Waals surface area contributed by atoms with Crippen LogP contribution in [-0.4, -0.2) is 6.61 Å². The van der Waals surface area contributed by atoms with Crippen molar-refractivity contribution in [2.45, 2.75) is 19.3 Å². The SMILES string of the molecule is Clc1cccc(OCCCCc2ccccc2)c1. The monoisotopic (exact) mass is 260 g/mol. The zero-order valence-corrected chi connectivity index (χ0v) is 11.1. The van der Waals surface area contributed by atoms with Gasteiger partial charge in [0.2, 0.25) is 0 Å². The third-order valence-electron chi connectivity index (χ3n) is 2.77. The van der Waals surface area contributed by atoms with Gasteiger partial charge in [-0.05, 0) is 43.0 Å². The molecule has 0 bridgehead atoms. The van der Waals surface area contributed by atoms with Gasteiger partial charge >= 0.3 is 0 Å². The number of halogens is 1. The highest BCUT2D eigenvalue weighted by Gasteiger charge is 1.96. The van der Waals surface area contributed by atoms with E-state index in [-0.39, 0.29) is 0 Å². The van der Waals surface area contributed by atoms with E-state index in [1.165, 1.54) is 5.56 Å². The van der Waals surface area contributed by atoms with Crippen LogP contribution in [-0.2, 0) is 6.42 Å². The second-order valence-corrected chi connectivity index (χ2v) is 4.68. The van der Waals surface area contributed by atoms with Crippen LogP contribution in [0.4, 0.5) is 0 Å². The van der Waals surface area contributed by atoms with Gasteiger partial charge in [0.25, 0.3) is 0 Å². The molecule has 2 rings (SSSR count). The molecular formula is C16H17ClO. The molecule has 0 radical (unpaired) electrons. The van der Waals surface area contributed by atoms with Crippen molar-refractivity contribution in [2.24, 2.45) is 0 Å². The maximum absolute atomic E-state index is 5.88. The van der Waals surface area contributed by atoms with E-state index in [9.17, 15) is 0 Å². The van der Waals surface area contributed by atoms with Crippen LogP contribution in [0.5, 0.6) is 5.75 Å². The summed E-state index contributed by atoms with van der Waals surface area (Å²) in [7, 11) is 0. The first-order valence-corrected chi connectivity index (χ1v) is 6.65. The summed E-state index contributed by atoms with van der Waals surface area (Å²) in [5, 5.41) is 0.719. The van der Waals surface area contributed by atoms with Crippen molar-refractivity contribution in [3.63, 3.8) is 0 Å². The molecule has 94 valence electrons. The Balaban J connectivity index is 1.65. The number of benzene rings is 2. The zero-order chi connectivity index (χ0) is 12.6. The molecule has 1 nitrogen and oxygen atoms in total. The van der Waals surface area contributed by atoms with Crippen LogP contribution in [0.2, 0.25) is 5.02 Å². The standard InChI is InChI=1S/C16H17ClO/c17-15-10-6-11-16(13-15)18-12-5-4-9-14-7-2-1-3-8-14/h1-3,6-8,10-11,13H,4-5,9,12H2. The third kappa shape index (κ3) is 4.42. The van der Waals surface area contributed by atoms with Crippen molar-refractivity contribution in [1.29, 1.82) is 0 Å². The van der Waals surface area contributed by atoms with Crippen LogP contribution in [0.25, 0.3) is 0 Å². The molecule has 0 unspecified atom stereocenters. The minimum absolute atomic E-state index is 0.719. The van der Waals surface area contributed by atoms with Crippen LogP contribution < -0.4 is 4.74 Å². The van der Waals surface area contributed by atoms with Gasteiger partial charge in [0.05, 0.1) is 6.61 Å². The van der Waals surface area contributed by atoms with Crippen molar-refractivity contribution in [3.8, 4) is 5.75 Å². The van der Waals surface area contributed by atoms with Gasteiger partial charge in [-0.1, -0.05) is 48.0 Å². The normalized spacial score (nSPS) is 10.3. The molecule has 0 saturated carbocycles. The van der Waals surface area contributed by atoms with Crippen molar-refractivity contribution in [2.75, 3.05) is 6.61 Å². The van der Waals surface area contributed by atoms with Gasteiger partial charge in [-0.3, -0.25) is 0 Å². The summed E-state index contributed by atoms with van der Waals surface area (Å²) in [6.45, 7) is 0.743. The number of aryl methyl sites for hydroxylation is 1. The number of unbranched alkanes of at least 4 members (excludes halogenated alkanes) is 1. The van der Waals surface area contributed by atoms with Crippen LogP contribution in [0.1, 0.15) is 18.4 Å². The molecular weight excluding hydrogens is 244 g/mol. The van der Waals surface area contributed by atoms with E-state index in [1.807, 2.05) is 30.3 Å². The van der Waals surface area contributed by atoms with E-state index >= 15 is 0 Å². The molecule has 0 spiro atoms. The minimum atomic E-state index is 0.719. The van der Waals surface area contributed by atoms with Crippen LogP contribution >= 0.6 is 11.6 Å². The Labute approximate surface area is 113 Å². The molecule has 2 aromatic rings. The zero-order valence-electron chi connectivity index (χ0n) is 10.3. The molecule has 0 saturated heterocycles. The summed E-state index contributed by atoms with van der Waals surface area (Å²) >= 11 is 5.88. The molecule has 0 atom stereocenters.